The van der Waals surface area contributed by atoms with Gasteiger partial charge in [0.1, 0.15) is 0 Å². The molecule has 0 spiro atoms. The SMILES string of the molecule is CSc1ccc(NC(=O)CC2CC3CCC(C2)N3)cc1.Cl. The number of nitrogens with one attached hydrogen (secondary N) is 2. The third-order valence-electron chi connectivity index (χ3n) is 4.42. The highest BCUT2D eigenvalue weighted by Crippen LogP contribution is 2.32. The minimum atomic E-state index is 0. The molecule has 5 heteroatoms. The summed E-state index contributed by atoms with van der Waals surface area (Å²) in [6.45, 7) is 0. The Hall–Kier alpha value is -0.710. The highest BCUT2D eigenvalue weighted by molar-refractivity contribution is 7.98. The molecule has 2 saturated heterocycles. The summed E-state index contributed by atoms with van der Waals surface area (Å²) in [7, 11) is 0. The highest BCUT2D eigenvalue weighted by Gasteiger charge is 2.34. The monoisotopic (exact) mass is 326 g/mol. The fourth-order valence-corrected chi connectivity index (χ4v) is 3.90. The first-order chi connectivity index (χ1) is 9.72. The Labute approximate surface area is 137 Å². The van der Waals surface area contributed by atoms with Gasteiger partial charge < -0.3 is 10.6 Å². The van der Waals surface area contributed by atoms with Gasteiger partial charge in [-0.2, -0.15) is 0 Å². The third kappa shape index (κ3) is 4.38. The number of fused-ring (bicyclic) bond motifs is 2. The minimum absolute atomic E-state index is 0. The first kappa shape index (κ1) is 16.7. The van der Waals surface area contributed by atoms with Gasteiger partial charge in [0.25, 0.3) is 0 Å². The number of carbonyl (C=O) groups is 1. The number of halogens is 1. The molecule has 2 N–H and O–H groups in total. The topological polar surface area (TPSA) is 41.1 Å². The van der Waals surface area contributed by atoms with Crippen LogP contribution in [-0.4, -0.2) is 24.2 Å². The molecule has 1 aromatic carbocycles. The van der Waals surface area contributed by atoms with Crippen LogP contribution in [0.2, 0.25) is 0 Å². The Balaban J connectivity index is 0.00000161. The van der Waals surface area contributed by atoms with Crippen molar-refractivity contribution in [2.24, 2.45) is 5.92 Å². The molecule has 2 fully saturated rings. The molecule has 2 unspecified atom stereocenters. The van der Waals surface area contributed by atoms with Gasteiger partial charge in [-0.1, -0.05) is 0 Å². The average molecular weight is 327 g/mol. The van der Waals surface area contributed by atoms with E-state index in [0.29, 0.717) is 24.4 Å². The summed E-state index contributed by atoms with van der Waals surface area (Å²) < 4.78 is 0. The number of hydrogen-bond acceptors (Lipinski definition) is 3. The molecule has 2 aliphatic rings. The van der Waals surface area contributed by atoms with Gasteiger partial charge in [0, 0.05) is 29.1 Å². The van der Waals surface area contributed by atoms with Gasteiger partial charge in [0.15, 0.2) is 0 Å². The zero-order chi connectivity index (χ0) is 13.9. The van der Waals surface area contributed by atoms with Crippen molar-refractivity contribution in [1.82, 2.24) is 5.32 Å². The van der Waals surface area contributed by atoms with E-state index in [1.807, 2.05) is 24.3 Å². The molecule has 0 aromatic heterocycles. The second-order valence-electron chi connectivity index (χ2n) is 5.96. The molecule has 2 atom stereocenters. The summed E-state index contributed by atoms with van der Waals surface area (Å²) in [5.41, 5.74) is 0.907. The van der Waals surface area contributed by atoms with Crippen molar-refractivity contribution in [2.75, 3.05) is 11.6 Å². The predicted molar refractivity (Wildman–Crippen MR) is 91.4 cm³/mol. The van der Waals surface area contributed by atoms with Gasteiger partial charge in [0.2, 0.25) is 5.91 Å². The van der Waals surface area contributed by atoms with Crippen LogP contribution in [0, 0.1) is 5.92 Å². The Morgan fingerprint density at radius 2 is 1.86 bits per heavy atom. The number of carbonyl (C=O) groups excluding carboxylic acids is 1. The quantitative estimate of drug-likeness (QED) is 0.829. The van der Waals surface area contributed by atoms with Crippen molar-refractivity contribution >= 4 is 35.8 Å². The molecular weight excluding hydrogens is 304 g/mol. The summed E-state index contributed by atoms with van der Waals surface area (Å²) >= 11 is 1.71. The fraction of sp³-hybridized carbons (Fsp3) is 0.562. The van der Waals surface area contributed by atoms with Gasteiger partial charge in [-0.25, -0.2) is 0 Å². The van der Waals surface area contributed by atoms with Gasteiger partial charge in [-0.15, -0.1) is 24.2 Å². The molecule has 0 radical (unpaired) electrons. The number of rotatable bonds is 4. The lowest BCUT2D eigenvalue weighted by Crippen LogP contribution is -2.39. The van der Waals surface area contributed by atoms with E-state index in [-0.39, 0.29) is 18.3 Å². The maximum Gasteiger partial charge on any atom is 0.224 e. The van der Waals surface area contributed by atoms with Crippen molar-refractivity contribution in [3.05, 3.63) is 24.3 Å². The highest BCUT2D eigenvalue weighted by atomic mass is 35.5. The lowest BCUT2D eigenvalue weighted by Gasteiger charge is -2.28. The molecule has 0 saturated carbocycles. The smallest absolute Gasteiger partial charge is 0.224 e. The Morgan fingerprint density at radius 3 is 2.43 bits per heavy atom. The molecule has 21 heavy (non-hydrogen) atoms. The Kier molecular flexibility index (Phi) is 5.97. The van der Waals surface area contributed by atoms with Crippen molar-refractivity contribution in [2.45, 2.75) is 49.1 Å². The summed E-state index contributed by atoms with van der Waals surface area (Å²) in [5.74, 6) is 0.715. The van der Waals surface area contributed by atoms with E-state index < -0.39 is 0 Å². The van der Waals surface area contributed by atoms with Crippen molar-refractivity contribution < 1.29 is 4.79 Å². The lowest BCUT2D eigenvalue weighted by atomic mass is 9.89. The normalized spacial score (nSPS) is 27.0. The van der Waals surface area contributed by atoms with Crippen molar-refractivity contribution in [3.63, 3.8) is 0 Å². The molecule has 3 nitrogen and oxygen atoms in total. The number of hydrogen-bond donors (Lipinski definition) is 2. The van der Waals surface area contributed by atoms with E-state index in [2.05, 4.69) is 16.9 Å². The van der Waals surface area contributed by atoms with Crippen LogP contribution < -0.4 is 10.6 Å². The van der Waals surface area contributed by atoms with Crippen LogP contribution in [-0.2, 0) is 4.79 Å². The molecule has 2 heterocycles. The van der Waals surface area contributed by atoms with Crippen LogP contribution in [0.15, 0.2) is 29.2 Å². The Bertz CT molecular complexity index is 468. The predicted octanol–water partition coefficient (Wildman–Crippen LogP) is 3.69. The second kappa shape index (κ2) is 7.52. The Morgan fingerprint density at radius 1 is 1.24 bits per heavy atom. The largest absolute Gasteiger partial charge is 0.326 e. The minimum Gasteiger partial charge on any atom is -0.326 e. The average Bonchev–Trinajstić information content (AvgIpc) is 2.78. The molecule has 2 aliphatic heterocycles. The van der Waals surface area contributed by atoms with Crippen LogP contribution in [0.5, 0.6) is 0 Å². The van der Waals surface area contributed by atoms with Crippen LogP contribution in [0.3, 0.4) is 0 Å². The van der Waals surface area contributed by atoms with Crippen LogP contribution in [0.4, 0.5) is 5.69 Å². The lowest BCUT2D eigenvalue weighted by molar-refractivity contribution is -0.117. The molecule has 116 valence electrons. The number of benzene rings is 1. The molecule has 1 aromatic rings. The van der Waals surface area contributed by atoms with Crippen LogP contribution in [0.1, 0.15) is 32.1 Å². The van der Waals surface area contributed by atoms with E-state index in [9.17, 15) is 4.79 Å². The van der Waals surface area contributed by atoms with Crippen molar-refractivity contribution in [1.29, 1.82) is 0 Å². The summed E-state index contributed by atoms with van der Waals surface area (Å²) in [6, 6.07) is 9.38. The number of thioether (sulfide) groups is 1. The van der Waals surface area contributed by atoms with E-state index in [4.69, 9.17) is 0 Å². The van der Waals surface area contributed by atoms with Gasteiger partial charge in [-0.05, 0) is 62.1 Å². The number of piperidine rings is 1. The molecule has 0 aliphatic carbocycles. The summed E-state index contributed by atoms with van der Waals surface area (Å²) in [5, 5.41) is 6.64. The van der Waals surface area contributed by atoms with E-state index in [1.165, 1.54) is 17.7 Å². The molecular formula is C16H23ClN2OS. The first-order valence-electron chi connectivity index (χ1n) is 7.43. The summed E-state index contributed by atoms with van der Waals surface area (Å²) in [4.78, 5) is 13.4. The van der Waals surface area contributed by atoms with Gasteiger partial charge in [-0.3, -0.25) is 4.79 Å². The molecule has 1 amide bonds. The van der Waals surface area contributed by atoms with E-state index in [1.54, 1.807) is 11.8 Å². The first-order valence-corrected chi connectivity index (χ1v) is 8.65. The van der Waals surface area contributed by atoms with Crippen molar-refractivity contribution in [3.8, 4) is 0 Å². The van der Waals surface area contributed by atoms with Crippen LogP contribution >= 0.6 is 24.2 Å². The molecule has 3 rings (SSSR count). The maximum absolute atomic E-state index is 12.1. The third-order valence-corrected chi connectivity index (χ3v) is 5.16. The van der Waals surface area contributed by atoms with E-state index in [0.717, 1.165) is 18.5 Å². The van der Waals surface area contributed by atoms with E-state index >= 15 is 0 Å². The number of anilines is 1. The second-order valence-corrected chi connectivity index (χ2v) is 6.84. The number of amides is 1. The van der Waals surface area contributed by atoms with Gasteiger partial charge in [0.05, 0.1) is 0 Å². The molecule has 2 bridgehead atoms. The zero-order valence-corrected chi connectivity index (χ0v) is 13.9. The van der Waals surface area contributed by atoms with Gasteiger partial charge >= 0.3 is 0 Å². The van der Waals surface area contributed by atoms with Crippen LogP contribution in [0.25, 0.3) is 0 Å². The standard InChI is InChI=1S/C16H22N2OS.ClH/c1-20-15-6-4-12(5-7-15)18-16(19)10-11-8-13-2-3-14(9-11)17-13;/h4-7,11,13-14,17H,2-3,8-10H2,1H3,(H,18,19);1H. The zero-order valence-electron chi connectivity index (χ0n) is 12.3. The summed E-state index contributed by atoms with van der Waals surface area (Å²) in [6.07, 6.45) is 7.63. The fourth-order valence-electron chi connectivity index (χ4n) is 3.49. The maximum atomic E-state index is 12.1.